The molecule has 0 atom stereocenters. The fourth-order valence-corrected chi connectivity index (χ4v) is 2.32. The lowest BCUT2D eigenvalue weighted by atomic mass is 10.1. The quantitative estimate of drug-likeness (QED) is 0.825. The van der Waals surface area contributed by atoms with E-state index in [1.165, 1.54) is 18.3 Å². The van der Waals surface area contributed by atoms with Crippen LogP contribution in [0.15, 0.2) is 18.3 Å². The van der Waals surface area contributed by atoms with Crippen LogP contribution in [0.1, 0.15) is 31.4 Å². The van der Waals surface area contributed by atoms with Crippen LogP contribution in [0.4, 0.5) is 10.1 Å². The van der Waals surface area contributed by atoms with Gasteiger partial charge in [-0.1, -0.05) is 0 Å². The molecular formula is C17H20FN3O. The van der Waals surface area contributed by atoms with Crippen molar-refractivity contribution >= 4 is 16.6 Å². The van der Waals surface area contributed by atoms with Gasteiger partial charge >= 0.3 is 0 Å². The molecule has 0 aliphatic rings. The minimum atomic E-state index is -0.326. The number of benzene rings is 1. The van der Waals surface area contributed by atoms with E-state index in [-0.39, 0.29) is 11.9 Å². The van der Waals surface area contributed by atoms with Gasteiger partial charge in [-0.3, -0.25) is 4.98 Å². The predicted molar refractivity (Wildman–Crippen MR) is 85.3 cm³/mol. The highest BCUT2D eigenvalue weighted by atomic mass is 19.1. The summed E-state index contributed by atoms with van der Waals surface area (Å²) in [6.07, 6.45) is 2.54. The summed E-state index contributed by atoms with van der Waals surface area (Å²) >= 11 is 0. The van der Waals surface area contributed by atoms with Crippen molar-refractivity contribution in [1.82, 2.24) is 4.98 Å². The summed E-state index contributed by atoms with van der Waals surface area (Å²) in [5, 5.41) is 13.1. The van der Waals surface area contributed by atoms with Gasteiger partial charge in [0.25, 0.3) is 0 Å². The fourth-order valence-electron chi connectivity index (χ4n) is 2.32. The zero-order chi connectivity index (χ0) is 16.1. The van der Waals surface area contributed by atoms with Gasteiger partial charge < -0.3 is 10.1 Å². The molecule has 5 heteroatoms. The summed E-state index contributed by atoms with van der Waals surface area (Å²) in [7, 11) is 0. The average Bonchev–Trinajstić information content (AvgIpc) is 2.46. The number of pyridine rings is 1. The molecule has 0 aliphatic carbocycles. The summed E-state index contributed by atoms with van der Waals surface area (Å²) < 4.78 is 19.2. The van der Waals surface area contributed by atoms with Crippen LogP contribution in [-0.2, 0) is 4.74 Å². The van der Waals surface area contributed by atoms with Crippen molar-refractivity contribution in [3.8, 4) is 6.07 Å². The van der Waals surface area contributed by atoms with Gasteiger partial charge in [0.15, 0.2) is 0 Å². The Hall–Kier alpha value is -2.19. The first-order valence-electron chi connectivity index (χ1n) is 7.37. The lowest BCUT2D eigenvalue weighted by Gasteiger charge is -2.13. The number of halogens is 1. The second-order valence-electron chi connectivity index (χ2n) is 5.48. The zero-order valence-electron chi connectivity index (χ0n) is 13.1. The van der Waals surface area contributed by atoms with Crippen LogP contribution in [0, 0.1) is 24.1 Å². The van der Waals surface area contributed by atoms with Crippen LogP contribution in [0.2, 0.25) is 0 Å². The second-order valence-corrected chi connectivity index (χ2v) is 5.48. The number of nitriles is 1. The number of aromatic nitrogens is 1. The molecule has 1 heterocycles. The van der Waals surface area contributed by atoms with Gasteiger partial charge in [-0.2, -0.15) is 5.26 Å². The highest BCUT2D eigenvalue weighted by Gasteiger charge is 2.11. The first-order chi connectivity index (χ1) is 10.5. The maximum atomic E-state index is 13.7. The van der Waals surface area contributed by atoms with E-state index >= 15 is 0 Å². The molecule has 0 saturated carbocycles. The van der Waals surface area contributed by atoms with Gasteiger partial charge in [-0.25, -0.2) is 4.39 Å². The molecule has 1 aromatic heterocycles. The Balaban J connectivity index is 2.25. The molecular weight excluding hydrogens is 281 g/mol. The summed E-state index contributed by atoms with van der Waals surface area (Å²) in [6.45, 7) is 7.08. The van der Waals surface area contributed by atoms with Crippen molar-refractivity contribution in [1.29, 1.82) is 5.26 Å². The monoisotopic (exact) mass is 301 g/mol. The summed E-state index contributed by atoms with van der Waals surface area (Å²) in [5.74, 6) is -0.326. The standard InChI is InChI=1S/C17H20FN3O/c1-11(2)22-6-4-5-20-17-13(9-19)10-21-16-12(3)7-14(18)8-15(16)17/h7-8,10-11H,4-6H2,1-3H3,(H,20,21). The third-order valence-corrected chi connectivity index (χ3v) is 3.32. The van der Waals surface area contributed by atoms with Crippen molar-refractivity contribution < 1.29 is 9.13 Å². The smallest absolute Gasteiger partial charge is 0.124 e. The summed E-state index contributed by atoms with van der Waals surface area (Å²) in [6, 6.07) is 4.97. The Labute approximate surface area is 129 Å². The number of anilines is 1. The first-order valence-corrected chi connectivity index (χ1v) is 7.37. The van der Waals surface area contributed by atoms with Crippen LogP contribution in [0.3, 0.4) is 0 Å². The van der Waals surface area contributed by atoms with E-state index in [9.17, 15) is 9.65 Å². The number of nitrogens with one attached hydrogen (secondary N) is 1. The van der Waals surface area contributed by atoms with Crippen molar-refractivity contribution in [2.24, 2.45) is 0 Å². The molecule has 0 aliphatic heterocycles. The molecule has 0 saturated heterocycles. The van der Waals surface area contributed by atoms with E-state index in [0.29, 0.717) is 35.3 Å². The molecule has 2 aromatic rings. The van der Waals surface area contributed by atoms with E-state index in [1.807, 2.05) is 20.8 Å². The van der Waals surface area contributed by atoms with Crippen LogP contribution in [0.5, 0.6) is 0 Å². The third-order valence-electron chi connectivity index (χ3n) is 3.32. The van der Waals surface area contributed by atoms with Gasteiger partial charge in [0, 0.05) is 24.7 Å². The van der Waals surface area contributed by atoms with E-state index in [2.05, 4.69) is 16.4 Å². The van der Waals surface area contributed by atoms with E-state index in [4.69, 9.17) is 4.74 Å². The minimum Gasteiger partial charge on any atom is -0.383 e. The van der Waals surface area contributed by atoms with Crippen LogP contribution < -0.4 is 5.32 Å². The number of rotatable bonds is 6. The SMILES string of the molecule is Cc1cc(F)cc2c(NCCCOC(C)C)c(C#N)cnc12. The Morgan fingerprint density at radius 1 is 1.41 bits per heavy atom. The zero-order valence-corrected chi connectivity index (χ0v) is 13.1. The topological polar surface area (TPSA) is 57.9 Å². The molecule has 0 fully saturated rings. The number of hydrogen-bond donors (Lipinski definition) is 1. The lowest BCUT2D eigenvalue weighted by molar-refractivity contribution is 0.0787. The second kappa shape index (κ2) is 7.19. The largest absolute Gasteiger partial charge is 0.383 e. The number of fused-ring (bicyclic) bond motifs is 1. The first kappa shape index (κ1) is 16.2. The average molecular weight is 301 g/mol. The lowest BCUT2D eigenvalue weighted by Crippen LogP contribution is -2.10. The van der Waals surface area contributed by atoms with Crippen molar-refractivity contribution in [3.63, 3.8) is 0 Å². The molecule has 0 bridgehead atoms. The summed E-state index contributed by atoms with van der Waals surface area (Å²) in [4.78, 5) is 4.27. The third kappa shape index (κ3) is 3.71. The normalized spacial score (nSPS) is 10.9. The number of ether oxygens (including phenoxy) is 1. The van der Waals surface area contributed by atoms with Gasteiger partial charge in [0.1, 0.15) is 11.9 Å². The predicted octanol–water partition coefficient (Wildman–Crippen LogP) is 3.78. The number of hydrogen-bond acceptors (Lipinski definition) is 4. The molecule has 0 unspecified atom stereocenters. The molecule has 2 rings (SSSR count). The van der Waals surface area contributed by atoms with E-state index in [1.54, 1.807) is 0 Å². The van der Waals surface area contributed by atoms with E-state index < -0.39 is 0 Å². The molecule has 0 amide bonds. The van der Waals surface area contributed by atoms with Crippen molar-refractivity contribution in [2.75, 3.05) is 18.5 Å². The molecule has 22 heavy (non-hydrogen) atoms. The minimum absolute atomic E-state index is 0.202. The highest BCUT2D eigenvalue weighted by Crippen LogP contribution is 2.28. The van der Waals surface area contributed by atoms with Crippen LogP contribution in [-0.4, -0.2) is 24.2 Å². The Kier molecular flexibility index (Phi) is 5.29. The summed E-state index contributed by atoms with van der Waals surface area (Å²) in [5.41, 5.74) is 2.52. The molecule has 0 spiro atoms. The van der Waals surface area contributed by atoms with Crippen molar-refractivity contribution in [2.45, 2.75) is 33.3 Å². The van der Waals surface area contributed by atoms with E-state index in [0.717, 1.165) is 12.0 Å². The maximum absolute atomic E-state index is 13.7. The Bertz CT molecular complexity index is 707. The molecule has 1 N–H and O–H groups in total. The molecule has 4 nitrogen and oxygen atoms in total. The van der Waals surface area contributed by atoms with Gasteiger partial charge in [-0.05, 0) is 44.9 Å². The van der Waals surface area contributed by atoms with Crippen molar-refractivity contribution in [3.05, 3.63) is 35.3 Å². The van der Waals surface area contributed by atoms with Gasteiger partial charge in [-0.15, -0.1) is 0 Å². The fraction of sp³-hybridized carbons (Fsp3) is 0.412. The van der Waals surface area contributed by atoms with Crippen LogP contribution >= 0.6 is 0 Å². The molecule has 0 radical (unpaired) electrons. The molecule has 1 aromatic carbocycles. The Morgan fingerprint density at radius 2 is 2.18 bits per heavy atom. The molecule has 116 valence electrons. The van der Waals surface area contributed by atoms with Gasteiger partial charge in [0.2, 0.25) is 0 Å². The van der Waals surface area contributed by atoms with Gasteiger partial charge in [0.05, 0.1) is 22.9 Å². The Morgan fingerprint density at radius 3 is 2.86 bits per heavy atom. The maximum Gasteiger partial charge on any atom is 0.124 e. The number of nitrogens with zero attached hydrogens (tertiary/aromatic N) is 2. The highest BCUT2D eigenvalue weighted by molar-refractivity contribution is 5.95. The number of aryl methyl sites for hydroxylation is 1. The van der Waals surface area contributed by atoms with Crippen LogP contribution in [0.25, 0.3) is 10.9 Å².